The van der Waals surface area contributed by atoms with Crippen LogP contribution in [0, 0.1) is 3.57 Å². The summed E-state index contributed by atoms with van der Waals surface area (Å²) in [7, 11) is 0. The van der Waals surface area contributed by atoms with Gasteiger partial charge in [-0.1, -0.05) is 38.9 Å². The van der Waals surface area contributed by atoms with Crippen LogP contribution in [0.4, 0.5) is 10.8 Å². The predicted molar refractivity (Wildman–Crippen MR) is 94.8 cm³/mol. The lowest BCUT2D eigenvalue weighted by Crippen LogP contribution is -1.91. The van der Waals surface area contributed by atoms with Crippen molar-refractivity contribution in [1.82, 2.24) is 4.98 Å². The summed E-state index contributed by atoms with van der Waals surface area (Å²) in [6, 6.07) is 11.9. The monoisotopic (exact) mass is 464 g/mol. The number of hydrogen-bond acceptors (Lipinski definition) is 3. The molecular formula is C13H7BrClIN2S. The average Bonchev–Trinajstić information content (AvgIpc) is 2.74. The number of aromatic nitrogens is 1. The molecule has 3 rings (SSSR count). The van der Waals surface area contributed by atoms with Crippen LogP contribution in [0.25, 0.3) is 10.2 Å². The third kappa shape index (κ3) is 3.04. The van der Waals surface area contributed by atoms with Crippen molar-refractivity contribution < 1.29 is 0 Å². The first-order valence-corrected chi connectivity index (χ1v) is 8.46. The zero-order valence-electron chi connectivity index (χ0n) is 9.45. The second kappa shape index (κ2) is 5.55. The number of nitrogens with one attached hydrogen (secondary N) is 1. The SMILES string of the molecule is Clc1ccc(Nc2nc3cc(Br)ccc3s2)c(I)c1. The van der Waals surface area contributed by atoms with Crippen molar-refractivity contribution in [3.05, 3.63) is 49.5 Å². The second-order valence-electron chi connectivity index (χ2n) is 3.88. The topological polar surface area (TPSA) is 24.9 Å². The molecule has 0 unspecified atom stereocenters. The molecule has 0 aliphatic rings. The van der Waals surface area contributed by atoms with E-state index in [0.717, 1.165) is 34.1 Å². The Morgan fingerprint density at radius 2 is 2.05 bits per heavy atom. The fraction of sp³-hybridized carbons (Fsp3) is 0. The molecule has 96 valence electrons. The summed E-state index contributed by atoms with van der Waals surface area (Å²) in [5, 5.41) is 4.96. The van der Waals surface area contributed by atoms with Gasteiger partial charge >= 0.3 is 0 Å². The van der Waals surface area contributed by atoms with Gasteiger partial charge in [-0.2, -0.15) is 0 Å². The normalized spacial score (nSPS) is 10.9. The molecule has 0 aliphatic heterocycles. The Morgan fingerprint density at radius 3 is 2.84 bits per heavy atom. The molecule has 2 nitrogen and oxygen atoms in total. The third-order valence-electron chi connectivity index (χ3n) is 2.52. The van der Waals surface area contributed by atoms with E-state index in [1.54, 1.807) is 11.3 Å². The maximum atomic E-state index is 5.95. The zero-order chi connectivity index (χ0) is 13.4. The van der Waals surface area contributed by atoms with Crippen LogP contribution < -0.4 is 5.32 Å². The van der Waals surface area contributed by atoms with Crippen molar-refractivity contribution in [3.63, 3.8) is 0 Å². The lowest BCUT2D eigenvalue weighted by atomic mass is 10.3. The highest BCUT2D eigenvalue weighted by atomic mass is 127. The van der Waals surface area contributed by atoms with E-state index >= 15 is 0 Å². The van der Waals surface area contributed by atoms with Crippen LogP contribution in [0.5, 0.6) is 0 Å². The van der Waals surface area contributed by atoms with Crippen LogP contribution in [0.2, 0.25) is 5.02 Å². The molecule has 2 aromatic carbocycles. The summed E-state index contributed by atoms with van der Waals surface area (Å²) in [6.07, 6.45) is 0. The first kappa shape index (κ1) is 13.6. The molecule has 0 spiro atoms. The molecule has 0 bridgehead atoms. The number of nitrogens with zero attached hydrogens (tertiary/aromatic N) is 1. The number of hydrogen-bond donors (Lipinski definition) is 1. The van der Waals surface area contributed by atoms with Crippen molar-refractivity contribution in [1.29, 1.82) is 0 Å². The highest BCUT2D eigenvalue weighted by Gasteiger charge is 2.06. The van der Waals surface area contributed by atoms with Crippen LogP contribution in [-0.4, -0.2) is 4.98 Å². The van der Waals surface area contributed by atoms with Crippen LogP contribution in [0.1, 0.15) is 0 Å². The minimum atomic E-state index is 0.739. The minimum Gasteiger partial charge on any atom is -0.331 e. The van der Waals surface area contributed by atoms with Crippen molar-refractivity contribution in [2.75, 3.05) is 5.32 Å². The number of anilines is 2. The van der Waals surface area contributed by atoms with Gasteiger partial charge in [-0.05, 0) is 59.0 Å². The minimum absolute atomic E-state index is 0.739. The Balaban J connectivity index is 1.96. The van der Waals surface area contributed by atoms with E-state index < -0.39 is 0 Å². The van der Waals surface area contributed by atoms with Crippen molar-refractivity contribution in [3.8, 4) is 0 Å². The van der Waals surface area contributed by atoms with E-state index in [1.807, 2.05) is 30.3 Å². The largest absolute Gasteiger partial charge is 0.331 e. The molecular weight excluding hydrogens is 458 g/mol. The first-order chi connectivity index (χ1) is 9.11. The van der Waals surface area contributed by atoms with E-state index in [9.17, 15) is 0 Å². The lowest BCUT2D eigenvalue weighted by Gasteiger charge is -2.05. The number of rotatable bonds is 2. The summed E-state index contributed by atoms with van der Waals surface area (Å²) in [5.41, 5.74) is 2.01. The van der Waals surface area contributed by atoms with E-state index in [1.165, 1.54) is 0 Å². The van der Waals surface area contributed by atoms with Gasteiger partial charge in [0.25, 0.3) is 0 Å². The third-order valence-corrected chi connectivity index (χ3v) is 5.10. The Labute approximate surface area is 141 Å². The van der Waals surface area contributed by atoms with Crippen molar-refractivity contribution in [2.45, 2.75) is 0 Å². The maximum absolute atomic E-state index is 5.95. The molecule has 0 amide bonds. The van der Waals surface area contributed by atoms with E-state index in [4.69, 9.17) is 11.6 Å². The molecule has 3 aromatic rings. The average molecular weight is 466 g/mol. The highest BCUT2D eigenvalue weighted by molar-refractivity contribution is 14.1. The molecule has 0 saturated heterocycles. The van der Waals surface area contributed by atoms with Gasteiger partial charge in [-0.3, -0.25) is 0 Å². The van der Waals surface area contributed by atoms with Crippen molar-refractivity contribution in [2.24, 2.45) is 0 Å². The van der Waals surface area contributed by atoms with Crippen LogP contribution >= 0.6 is 61.5 Å². The highest BCUT2D eigenvalue weighted by Crippen LogP contribution is 2.32. The van der Waals surface area contributed by atoms with Gasteiger partial charge in [0.2, 0.25) is 0 Å². The Morgan fingerprint density at radius 1 is 1.21 bits per heavy atom. The van der Waals surface area contributed by atoms with Crippen LogP contribution in [0.3, 0.4) is 0 Å². The fourth-order valence-corrected chi connectivity index (χ4v) is 3.87. The van der Waals surface area contributed by atoms with E-state index in [2.05, 4.69) is 54.9 Å². The quantitative estimate of drug-likeness (QED) is 0.466. The second-order valence-corrected chi connectivity index (χ2v) is 7.43. The first-order valence-electron chi connectivity index (χ1n) is 5.40. The number of thiazole rings is 1. The van der Waals surface area contributed by atoms with Gasteiger partial charge in [0.15, 0.2) is 5.13 Å². The standard InChI is InChI=1S/C13H7BrClIN2S/c14-7-1-4-12-11(5-7)18-13(19-12)17-10-3-2-8(15)6-9(10)16/h1-6H,(H,17,18). The van der Waals surface area contributed by atoms with E-state index in [-0.39, 0.29) is 0 Å². The van der Waals surface area contributed by atoms with Gasteiger partial charge in [0.1, 0.15) is 0 Å². The molecule has 0 aliphatic carbocycles. The molecule has 1 N–H and O–H groups in total. The summed E-state index contributed by atoms with van der Waals surface area (Å²) in [6.45, 7) is 0. The van der Waals surface area contributed by atoms with Gasteiger partial charge in [-0.25, -0.2) is 4.98 Å². The molecule has 0 radical (unpaired) electrons. The van der Waals surface area contributed by atoms with Gasteiger partial charge in [-0.15, -0.1) is 0 Å². The lowest BCUT2D eigenvalue weighted by molar-refractivity contribution is 1.43. The zero-order valence-corrected chi connectivity index (χ0v) is 14.8. The molecule has 6 heteroatoms. The van der Waals surface area contributed by atoms with Crippen LogP contribution in [0.15, 0.2) is 40.9 Å². The molecule has 0 fully saturated rings. The Bertz CT molecular complexity index is 759. The van der Waals surface area contributed by atoms with Gasteiger partial charge in [0, 0.05) is 13.1 Å². The summed E-state index contributed by atoms with van der Waals surface area (Å²) < 4.78 is 3.28. The fourth-order valence-electron chi connectivity index (χ4n) is 1.66. The van der Waals surface area contributed by atoms with Gasteiger partial charge in [0.05, 0.1) is 15.9 Å². The Hall–Kier alpha value is -0.370. The Kier molecular flexibility index (Phi) is 3.98. The maximum Gasteiger partial charge on any atom is 0.188 e. The number of halogens is 3. The number of fused-ring (bicyclic) bond motifs is 1. The molecule has 1 aromatic heterocycles. The molecule has 1 heterocycles. The smallest absolute Gasteiger partial charge is 0.188 e. The molecule has 0 saturated carbocycles. The van der Waals surface area contributed by atoms with Gasteiger partial charge < -0.3 is 5.32 Å². The summed E-state index contributed by atoms with van der Waals surface area (Å²) in [5.74, 6) is 0. The molecule has 0 atom stereocenters. The van der Waals surface area contributed by atoms with Crippen molar-refractivity contribution >= 4 is 82.5 Å². The number of benzene rings is 2. The summed E-state index contributed by atoms with van der Waals surface area (Å²) in [4.78, 5) is 4.57. The summed E-state index contributed by atoms with van der Waals surface area (Å²) >= 11 is 13.3. The molecule has 19 heavy (non-hydrogen) atoms. The van der Waals surface area contributed by atoms with E-state index in [0.29, 0.717) is 0 Å². The predicted octanol–water partition coefficient (Wildman–Crippen LogP) is 6.06. The van der Waals surface area contributed by atoms with Crippen LogP contribution in [-0.2, 0) is 0 Å².